The molecule has 1 atom stereocenters. The summed E-state index contributed by atoms with van der Waals surface area (Å²) in [6, 6.07) is 7.09. The Morgan fingerprint density at radius 1 is 1.08 bits per heavy atom. The molecule has 0 amide bonds. The molecule has 2 fully saturated rings. The van der Waals surface area contributed by atoms with Gasteiger partial charge in [0.2, 0.25) is 0 Å². The largest absolute Gasteiger partial charge is 0.490 e. The van der Waals surface area contributed by atoms with E-state index in [1.165, 1.54) is 6.42 Å². The van der Waals surface area contributed by atoms with Gasteiger partial charge in [0.05, 0.1) is 18.8 Å². The van der Waals surface area contributed by atoms with Crippen molar-refractivity contribution in [2.45, 2.75) is 43.3 Å². The standard InChI is InChI=1S/C19H28ClNO4/c20-16-4-6-17(7-5-16)25-15-19(23)13-21(10-11-24-14-19)12-18(22)8-2-1-3-9-18/h4-7,22-23H,1-3,8-15H2. The molecule has 1 aromatic carbocycles. The van der Waals surface area contributed by atoms with Crippen molar-refractivity contribution < 1.29 is 19.7 Å². The molecule has 1 saturated heterocycles. The van der Waals surface area contributed by atoms with Crippen LogP contribution in [0.1, 0.15) is 32.1 Å². The van der Waals surface area contributed by atoms with Crippen LogP contribution in [0.2, 0.25) is 5.02 Å². The van der Waals surface area contributed by atoms with Gasteiger partial charge in [0, 0.05) is 24.7 Å². The number of hydrogen-bond donors (Lipinski definition) is 2. The number of halogens is 1. The van der Waals surface area contributed by atoms with E-state index in [0.29, 0.717) is 37.0 Å². The van der Waals surface area contributed by atoms with Crippen molar-refractivity contribution in [3.63, 3.8) is 0 Å². The Morgan fingerprint density at radius 2 is 1.80 bits per heavy atom. The first kappa shape index (κ1) is 18.9. The minimum atomic E-state index is -1.10. The zero-order chi connectivity index (χ0) is 17.8. The SMILES string of the molecule is OC1(CN2CCOCC(O)(COc3ccc(Cl)cc3)C2)CCCCC1. The molecular weight excluding hydrogens is 342 g/mol. The maximum atomic E-state index is 11.0. The summed E-state index contributed by atoms with van der Waals surface area (Å²) >= 11 is 5.88. The molecule has 1 saturated carbocycles. The lowest BCUT2D eigenvalue weighted by Gasteiger charge is -2.38. The monoisotopic (exact) mass is 369 g/mol. The second-order valence-corrected chi connectivity index (χ2v) is 7.95. The second kappa shape index (κ2) is 8.23. The van der Waals surface area contributed by atoms with Gasteiger partial charge in [-0.25, -0.2) is 0 Å². The van der Waals surface area contributed by atoms with Crippen LogP contribution in [0.5, 0.6) is 5.75 Å². The van der Waals surface area contributed by atoms with Crippen LogP contribution >= 0.6 is 11.6 Å². The molecule has 0 radical (unpaired) electrons. The van der Waals surface area contributed by atoms with Crippen LogP contribution in [0.15, 0.2) is 24.3 Å². The average Bonchev–Trinajstić information content (AvgIpc) is 2.76. The van der Waals surface area contributed by atoms with Crippen molar-refractivity contribution in [2.75, 3.05) is 39.5 Å². The van der Waals surface area contributed by atoms with Crippen molar-refractivity contribution in [3.8, 4) is 5.75 Å². The van der Waals surface area contributed by atoms with Crippen LogP contribution in [0.3, 0.4) is 0 Å². The normalized spacial score (nSPS) is 27.6. The summed E-state index contributed by atoms with van der Waals surface area (Å²) in [4.78, 5) is 2.11. The van der Waals surface area contributed by atoms with Gasteiger partial charge < -0.3 is 19.7 Å². The highest BCUT2D eigenvalue weighted by atomic mass is 35.5. The molecule has 0 bridgehead atoms. The van der Waals surface area contributed by atoms with Crippen molar-refractivity contribution in [1.29, 1.82) is 0 Å². The van der Waals surface area contributed by atoms with Gasteiger partial charge in [-0.05, 0) is 37.1 Å². The Kier molecular flexibility index (Phi) is 6.23. The number of ether oxygens (including phenoxy) is 2. The smallest absolute Gasteiger partial charge is 0.134 e. The zero-order valence-corrected chi connectivity index (χ0v) is 15.4. The van der Waals surface area contributed by atoms with Crippen LogP contribution in [-0.2, 0) is 4.74 Å². The Balaban J connectivity index is 1.58. The summed E-state index contributed by atoms with van der Waals surface area (Å²) in [5.41, 5.74) is -1.73. The van der Waals surface area contributed by atoms with Gasteiger partial charge in [0.1, 0.15) is 18.0 Å². The van der Waals surface area contributed by atoms with Crippen molar-refractivity contribution in [1.82, 2.24) is 4.90 Å². The Hall–Kier alpha value is -0.850. The van der Waals surface area contributed by atoms with E-state index >= 15 is 0 Å². The molecule has 140 valence electrons. The van der Waals surface area contributed by atoms with Gasteiger partial charge in [-0.15, -0.1) is 0 Å². The van der Waals surface area contributed by atoms with Crippen LogP contribution in [0, 0.1) is 0 Å². The third kappa shape index (κ3) is 5.56. The molecule has 1 aliphatic carbocycles. The minimum absolute atomic E-state index is 0.142. The van der Waals surface area contributed by atoms with Crippen molar-refractivity contribution in [2.24, 2.45) is 0 Å². The molecule has 0 spiro atoms. The Bertz CT molecular complexity index is 547. The lowest BCUT2D eigenvalue weighted by atomic mass is 9.84. The fourth-order valence-electron chi connectivity index (χ4n) is 3.75. The first-order valence-corrected chi connectivity index (χ1v) is 9.48. The van der Waals surface area contributed by atoms with Crippen LogP contribution in [-0.4, -0.2) is 65.8 Å². The number of aliphatic hydroxyl groups is 2. The van der Waals surface area contributed by atoms with Gasteiger partial charge in [-0.1, -0.05) is 30.9 Å². The Morgan fingerprint density at radius 3 is 2.52 bits per heavy atom. The molecule has 2 N–H and O–H groups in total. The van der Waals surface area contributed by atoms with Gasteiger partial charge in [-0.2, -0.15) is 0 Å². The molecule has 1 unspecified atom stereocenters. The lowest BCUT2D eigenvalue weighted by molar-refractivity contribution is -0.0759. The Labute approximate surface area is 154 Å². The van der Waals surface area contributed by atoms with E-state index in [4.69, 9.17) is 21.1 Å². The number of nitrogens with zero attached hydrogens (tertiary/aromatic N) is 1. The summed E-state index contributed by atoms with van der Waals surface area (Å²) < 4.78 is 11.3. The lowest BCUT2D eigenvalue weighted by Crippen LogP contribution is -2.53. The summed E-state index contributed by atoms with van der Waals surface area (Å²) in [5, 5.41) is 22.4. The predicted octanol–water partition coefficient (Wildman–Crippen LogP) is 2.48. The molecular formula is C19H28ClNO4. The van der Waals surface area contributed by atoms with Crippen molar-refractivity contribution in [3.05, 3.63) is 29.3 Å². The maximum Gasteiger partial charge on any atom is 0.134 e. The van der Waals surface area contributed by atoms with Gasteiger partial charge in [-0.3, -0.25) is 4.90 Å². The van der Waals surface area contributed by atoms with E-state index in [0.717, 1.165) is 25.7 Å². The molecule has 3 rings (SSSR count). The molecule has 0 aromatic heterocycles. The van der Waals surface area contributed by atoms with Gasteiger partial charge in [0.25, 0.3) is 0 Å². The number of benzene rings is 1. The zero-order valence-electron chi connectivity index (χ0n) is 14.6. The van der Waals surface area contributed by atoms with Crippen LogP contribution < -0.4 is 4.74 Å². The maximum absolute atomic E-state index is 11.0. The quantitative estimate of drug-likeness (QED) is 0.834. The molecule has 2 aliphatic rings. The second-order valence-electron chi connectivity index (χ2n) is 7.52. The topological polar surface area (TPSA) is 62.2 Å². The van der Waals surface area contributed by atoms with E-state index in [2.05, 4.69) is 4.90 Å². The minimum Gasteiger partial charge on any atom is -0.490 e. The van der Waals surface area contributed by atoms with E-state index in [-0.39, 0.29) is 13.2 Å². The summed E-state index contributed by atoms with van der Waals surface area (Å²) in [7, 11) is 0. The van der Waals surface area contributed by atoms with E-state index in [9.17, 15) is 10.2 Å². The molecule has 5 nitrogen and oxygen atoms in total. The molecule has 1 aliphatic heterocycles. The highest BCUT2D eigenvalue weighted by molar-refractivity contribution is 6.30. The molecule has 1 aromatic rings. The predicted molar refractivity (Wildman–Crippen MR) is 97.2 cm³/mol. The fourth-order valence-corrected chi connectivity index (χ4v) is 3.88. The van der Waals surface area contributed by atoms with E-state index < -0.39 is 11.2 Å². The number of hydrogen-bond acceptors (Lipinski definition) is 5. The molecule has 6 heteroatoms. The van der Waals surface area contributed by atoms with Gasteiger partial charge >= 0.3 is 0 Å². The van der Waals surface area contributed by atoms with E-state index in [1.807, 2.05) is 0 Å². The van der Waals surface area contributed by atoms with Gasteiger partial charge in [0.15, 0.2) is 0 Å². The highest BCUT2D eigenvalue weighted by Crippen LogP contribution is 2.29. The summed E-state index contributed by atoms with van der Waals surface area (Å²) in [5.74, 6) is 0.666. The van der Waals surface area contributed by atoms with Crippen LogP contribution in [0.4, 0.5) is 0 Å². The third-order valence-electron chi connectivity index (χ3n) is 5.06. The van der Waals surface area contributed by atoms with Crippen LogP contribution in [0.25, 0.3) is 0 Å². The number of β-amino-alcohol motifs (C(OH)–C–C–N with tert-alkyl or cyclic N) is 2. The van der Waals surface area contributed by atoms with Crippen molar-refractivity contribution >= 4 is 11.6 Å². The van der Waals surface area contributed by atoms with E-state index in [1.54, 1.807) is 24.3 Å². The highest BCUT2D eigenvalue weighted by Gasteiger charge is 2.37. The third-order valence-corrected chi connectivity index (χ3v) is 5.32. The fraction of sp³-hybridized carbons (Fsp3) is 0.684. The first-order chi connectivity index (χ1) is 12.0. The summed E-state index contributed by atoms with van der Waals surface area (Å²) in [6.07, 6.45) is 5.02. The summed E-state index contributed by atoms with van der Waals surface area (Å²) in [6.45, 7) is 2.66. The molecule has 1 heterocycles. The average molecular weight is 370 g/mol. The first-order valence-electron chi connectivity index (χ1n) is 9.10. The molecule has 25 heavy (non-hydrogen) atoms. The number of rotatable bonds is 5.